The van der Waals surface area contributed by atoms with Crippen molar-refractivity contribution in [1.29, 1.82) is 0 Å². The SMILES string of the molecule is CC(C)NC(=O)NC(=O)C(C)OC(=O)CCNS(=O)(=O)c1cccs1. The summed E-state index contributed by atoms with van der Waals surface area (Å²) in [5, 5.41) is 6.12. The summed E-state index contributed by atoms with van der Waals surface area (Å²) in [6.45, 7) is 4.60. The van der Waals surface area contributed by atoms with Gasteiger partial charge in [-0.05, 0) is 32.2 Å². The molecule has 0 saturated heterocycles. The van der Waals surface area contributed by atoms with Gasteiger partial charge in [0.15, 0.2) is 6.10 Å². The number of esters is 1. The van der Waals surface area contributed by atoms with Crippen LogP contribution in [-0.2, 0) is 24.3 Å². The van der Waals surface area contributed by atoms with E-state index in [1.165, 1.54) is 13.0 Å². The van der Waals surface area contributed by atoms with Crippen LogP contribution in [0.15, 0.2) is 21.7 Å². The lowest BCUT2D eigenvalue weighted by atomic mass is 10.3. The van der Waals surface area contributed by atoms with Crippen LogP contribution in [-0.4, -0.2) is 45.0 Å². The van der Waals surface area contributed by atoms with E-state index < -0.39 is 34.0 Å². The lowest BCUT2D eigenvalue weighted by Gasteiger charge is -2.14. The first kappa shape index (κ1) is 21.1. The number of rotatable bonds is 8. The van der Waals surface area contributed by atoms with Crippen LogP contribution >= 0.6 is 11.3 Å². The number of carbonyl (C=O) groups excluding carboxylic acids is 3. The van der Waals surface area contributed by atoms with Crippen molar-refractivity contribution in [2.45, 2.75) is 43.5 Å². The summed E-state index contributed by atoms with van der Waals surface area (Å²) >= 11 is 1.06. The molecule has 1 heterocycles. The highest BCUT2D eigenvalue weighted by atomic mass is 32.2. The lowest BCUT2D eigenvalue weighted by molar-refractivity contribution is -0.154. The number of carbonyl (C=O) groups is 3. The van der Waals surface area contributed by atoms with E-state index in [0.29, 0.717) is 0 Å². The van der Waals surface area contributed by atoms with Crippen LogP contribution in [0, 0.1) is 0 Å². The van der Waals surface area contributed by atoms with Crippen LogP contribution in [0.2, 0.25) is 0 Å². The Labute approximate surface area is 150 Å². The van der Waals surface area contributed by atoms with Gasteiger partial charge in [0, 0.05) is 12.6 Å². The van der Waals surface area contributed by atoms with Gasteiger partial charge in [-0.15, -0.1) is 11.3 Å². The molecule has 9 nitrogen and oxygen atoms in total. The summed E-state index contributed by atoms with van der Waals surface area (Å²) in [5.41, 5.74) is 0. The van der Waals surface area contributed by atoms with Gasteiger partial charge < -0.3 is 10.1 Å². The minimum Gasteiger partial charge on any atom is -0.452 e. The van der Waals surface area contributed by atoms with E-state index in [4.69, 9.17) is 4.74 Å². The van der Waals surface area contributed by atoms with Crippen molar-refractivity contribution >= 4 is 39.3 Å². The summed E-state index contributed by atoms with van der Waals surface area (Å²) in [5.74, 6) is -1.54. The third-order valence-electron chi connectivity index (χ3n) is 2.72. The predicted octanol–water partition coefficient (Wildman–Crippen LogP) is 0.582. The van der Waals surface area contributed by atoms with Crippen molar-refractivity contribution in [3.8, 4) is 0 Å². The Hall–Kier alpha value is -1.98. The monoisotopic (exact) mass is 391 g/mol. The molecule has 0 aliphatic carbocycles. The molecule has 0 saturated carbocycles. The molecule has 1 atom stereocenters. The number of nitrogens with one attached hydrogen (secondary N) is 3. The minimum absolute atomic E-state index is 0.143. The zero-order chi connectivity index (χ0) is 19.0. The Bertz CT molecular complexity index is 700. The highest BCUT2D eigenvalue weighted by molar-refractivity contribution is 7.91. The molecule has 0 aliphatic rings. The molecule has 25 heavy (non-hydrogen) atoms. The van der Waals surface area contributed by atoms with E-state index in [1.807, 2.05) is 5.32 Å². The Morgan fingerprint density at radius 1 is 1.24 bits per heavy atom. The average Bonchev–Trinajstić information content (AvgIpc) is 3.00. The van der Waals surface area contributed by atoms with Crippen molar-refractivity contribution in [3.63, 3.8) is 0 Å². The molecule has 140 valence electrons. The van der Waals surface area contributed by atoms with Gasteiger partial charge in [-0.2, -0.15) is 0 Å². The molecular formula is C14H21N3O6S2. The van der Waals surface area contributed by atoms with Gasteiger partial charge in [0.25, 0.3) is 5.91 Å². The quantitative estimate of drug-likeness (QED) is 0.556. The number of amides is 3. The molecule has 0 aromatic carbocycles. The van der Waals surface area contributed by atoms with Crippen molar-refractivity contribution in [2.24, 2.45) is 0 Å². The van der Waals surface area contributed by atoms with E-state index in [-0.39, 0.29) is 23.2 Å². The second kappa shape index (κ2) is 9.49. The van der Waals surface area contributed by atoms with E-state index in [0.717, 1.165) is 11.3 Å². The largest absolute Gasteiger partial charge is 0.452 e. The Balaban J connectivity index is 2.36. The maximum Gasteiger partial charge on any atom is 0.321 e. The summed E-state index contributed by atoms with van der Waals surface area (Å²) < 4.78 is 31.0. The summed E-state index contributed by atoms with van der Waals surface area (Å²) in [6, 6.07) is 2.21. The third kappa shape index (κ3) is 7.63. The van der Waals surface area contributed by atoms with Gasteiger partial charge in [0.2, 0.25) is 10.0 Å². The molecule has 0 bridgehead atoms. The van der Waals surface area contributed by atoms with E-state index >= 15 is 0 Å². The topological polar surface area (TPSA) is 131 Å². The standard InChI is InChI=1S/C14H21N3O6S2/c1-9(2)16-14(20)17-13(19)10(3)23-11(18)6-7-15-25(21,22)12-5-4-8-24-12/h4-5,8-10,15H,6-7H2,1-3H3,(H2,16,17,19,20). The van der Waals surface area contributed by atoms with E-state index in [1.54, 1.807) is 25.3 Å². The molecule has 1 unspecified atom stereocenters. The average molecular weight is 391 g/mol. The molecule has 3 amide bonds. The Kier molecular flexibility index (Phi) is 8.00. The number of ether oxygens (including phenoxy) is 1. The summed E-state index contributed by atoms with van der Waals surface area (Å²) in [6.07, 6.45) is -1.43. The van der Waals surface area contributed by atoms with Crippen LogP contribution in [0.5, 0.6) is 0 Å². The number of thiophene rings is 1. The maximum atomic E-state index is 11.9. The van der Waals surface area contributed by atoms with Crippen LogP contribution < -0.4 is 15.4 Å². The summed E-state index contributed by atoms with van der Waals surface area (Å²) in [4.78, 5) is 34.7. The Morgan fingerprint density at radius 2 is 1.92 bits per heavy atom. The molecule has 0 radical (unpaired) electrons. The van der Waals surface area contributed by atoms with Crippen LogP contribution in [0.25, 0.3) is 0 Å². The zero-order valence-corrected chi connectivity index (χ0v) is 15.7. The fourth-order valence-electron chi connectivity index (χ4n) is 1.60. The molecule has 1 aromatic rings. The van der Waals surface area contributed by atoms with Gasteiger partial charge in [-0.3, -0.25) is 14.9 Å². The van der Waals surface area contributed by atoms with Gasteiger partial charge in [0.05, 0.1) is 6.42 Å². The third-order valence-corrected chi connectivity index (χ3v) is 5.57. The van der Waals surface area contributed by atoms with Crippen LogP contribution in [0.1, 0.15) is 27.2 Å². The molecule has 11 heteroatoms. The highest BCUT2D eigenvalue weighted by Crippen LogP contribution is 2.15. The molecule has 1 rings (SSSR count). The highest BCUT2D eigenvalue weighted by Gasteiger charge is 2.21. The second-order valence-electron chi connectivity index (χ2n) is 5.33. The van der Waals surface area contributed by atoms with Gasteiger partial charge in [0.1, 0.15) is 4.21 Å². The molecule has 3 N–H and O–H groups in total. The van der Waals surface area contributed by atoms with Crippen molar-refractivity contribution < 1.29 is 27.5 Å². The van der Waals surface area contributed by atoms with Crippen molar-refractivity contribution in [2.75, 3.05) is 6.54 Å². The second-order valence-corrected chi connectivity index (χ2v) is 8.27. The number of sulfonamides is 1. The number of urea groups is 1. The van der Waals surface area contributed by atoms with Gasteiger partial charge in [-0.1, -0.05) is 6.07 Å². The first-order chi connectivity index (χ1) is 11.6. The maximum absolute atomic E-state index is 11.9. The number of imide groups is 1. The number of hydrogen-bond donors (Lipinski definition) is 3. The molecular weight excluding hydrogens is 370 g/mol. The normalized spacial score (nSPS) is 12.5. The van der Waals surface area contributed by atoms with E-state index in [9.17, 15) is 22.8 Å². The van der Waals surface area contributed by atoms with Crippen LogP contribution in [0.4, 0.5) is 4.79 Å². The first-order valence-electron chi connectivity index (χ1n) is 7.46. The zero-order valence-electron chi connectivity index (χ0n) is 14.1. The molecule has 0 spiro atoms. The van der Waals surface area contributed by atoms with Gasteiger partial charge >= 0.3 is 12.0 Å². The van der Waals surface area contributed by atoms with Gasteiger partial charge in [-0.25, -0.2) is 17.9 Å². The summed E-state index contributed by atoms with van der Waals surface area (Å²) in [7, 11) is -3.66. The van der Waals surface area contributed by atoms with Crippen molar-refractivity contribution in [3.05, 3.63) is 17.5 Å². The number of hydrogen-bond acceptors (Lipinski definition) is 7. The van der Waals surface area contributed by atoms with Crippen LogP contribution in [0.3, 0.4) is 0 Å². The fourth-order valence-corrected chi connectivity index (χ4v) is 3.67. The smallest absolute Gasteiger partial charge is 0.321 e. The predicted molar refractivity (Wildman–Crippen MR) is 91.5 cm³/mol. The molecule has 0 fully saturated rings. The minimum atomic E-state index is -3.66. The Morgan fingerprint density at radius 3 is 2.48 bits per heavy atom. The lowest BCUT2D eigenvalue weighted by Crippen LogP contribution is -2.46. The first-order valence-corrected chi connectivity index (χ1v) is 9.82. The molecule has 1 aromatic heterocycles. The fraction of sp³-hybridized carbons (Fsp3) is 0.500. The molecule has 0 aliphatic heterocycles. The van der Waals surface area contributed by atoms with Crippen molar-refractivity contribution in [1.82, 2.24) is 15.4 Å². The van der Waals surface area contributed by atoms with E-state index in [2.05, 4.69) is 10.0 Å².